The van der Waals surface area contributed by atoms with E-state index in [0.29, 0.717) is 24.5 Å². The number of ether oxygens (including phenoxy) is 2. The van der Waals surface area contributed by atoms with Gasteiger partial charge in [-0.3, -0.25) is 4.79 Å². The van der Waals surface area contributed by atoms with E-state index >= 15 is 0 Å². The number of rotatable bonds is 7. The maximum absolute atomic E-state index is 11.1. The number of hydrogen-bond donors (Lipinski definition) is 1. The lowest BCUT2D eigenvalue weighted by atomic mass is 10.2. The van der Waals surface area contributed by atoms with E-state index in [-0.39, 0.29) is 0 Å². The molecule has 0 bridgehead atoms. The number of thiazole rings is 1. The van der Waals surface area contributed by atoms with Gasteiger partial charge in [-0.15, -0.1) is 11.3 Å². The predicted molar refractivity (Wildman–Crippen MR) is 98.0 cm³/mol. The van der Waals surface area contributed by atoms with E-state index in [4.69, 9.17) is 15.2 Å². The molecule has 5 nitrogen and oxygen atoms in total. The molecule has 1 heterocycles. The smallest absolute Gasteiger partial charge is 0.248 e. The fraction of sp³-hybridized carbons (Fsp3) is 0.158. The van der Waals surface area contributed by atoms with Crippen molar-refractivity contribution in [2.75, 3.05) is 6.61 Å². The van der Waals surface area contributed by atoms with Crippen LogP contribution in [0.4, 0.5) is 0 Å². The van der Waals surface area contributed by atoms with Gasteiger partial charge >= 0.3 is 0 Å². The monoisotopic (exact) mass is 354 g/mol. The lowest BCUT2D eigenvalue weighted by Gasteiger charge is -2.05. The standard InChI is InChI=1S/C19H18N2O3S/c1-2-23-16-9-5-14(6-10-16)19-21-15(12-25-19)11-24-17-7-3-13(4-8-17)18(20)22/h3-10,12H,2,11H2,1H3,(H2,20,22). The van der Waals surface area contributed by atoms with Crippen LogP contribution in [0.1, 0.15) is 23.0 Å². The van der Waals surface area contributed by atoms with Crippen LogP contribution in [0.2, 0.25) is 0 Å². The second-order valence-electron chi connectivity index (χ2n) is 5.28. The Balaban J connectivity index is 1.62. The molecule has 1 amide bonds. The molecule has 0 saturated carbocycles. The van der Waals surface area contributed by atoms with Gasteiger partial charge < -0.3 is 15.2 Å². The molecule has 0 radical (unpaired) electrons. The summed E-state index contributed by atoms with van der Waals surface area (Å²) in [5, 5.41) is 2.91. The molecule has 0 aliphatic heterocycles. The van der Waals surface area contributed by atoms with Crippen LogP contribution in [0.3, 0.4) is 0 Å². The van der Waals surface area contributed by atoms with Crippen molar-refractivity contribution >= 4 is 17.2 Å². The fourth-order valence-electron chi connectivity index (χ4n) is 2.24. The molecule has 0 aliphatic rings. The Hall–Kier alpha value is -2.86. The third-order valence-electron chi connectivity index (χ3n) is 3.49. The Morgan fingerprint density at radius 2 is 1.68 bits per heavy atom. The Morgan fingerprint density at radius 1 is 1.04 bits per heavy atom. The van der Waals surface area contributed by atoms with Gasteiger partial charge in [-0.05, 0) is 55.5 Å². The summed E-state index contributed by atoms with van der Waals surface area (Å²) in [4.78, 5) is 15.6. The van der Waals surface area contributed by atoms with Crippen molar-refractivity contribution < 1.29 is 14.3 Å². The molecule has 128 valence electrons. The molecule has 1 aromatic heterocycles. The normalized spacial score (nSPS) is 10.4. The summed E-state index contributed by atoms with van der Waals surface area (Å²) in [6.45, 7) is 2.98. The zero-order chi connectivity index (χ0) is 17.6. The number of benzene rings is 2. The molecule has 0 saturated heterocycles. The SMILES string of the molecule is CCOc1ccc(-c2nc(COc3ccc(C(N)=O)cc3)cs2)cc1. The van der Waals surface area contributed by atoms with Gasteiger partial charge in [0, 0.05) is 16.5 Å². The summed E-state index contributed by atoms with van der Waals surface area (Å²) in [5.74, 6) is 1.07. The third kappa shape index (κ3) is 4.36. The zero-order valence-electron chi connectivity index (χ0n) is 13.8. The zero-order valence-corrected chi connectivity index (χ0v) is 14.6. The first-order chi connectivity index (χ1) is 12.2. The molecule has 25 heavy (non-hydrogen) atoms. The minimum absolute atomic E-state index is 0.365. The molecular formula is C19H18N2O3S. The number of carbonyl (C=O) groups excluding carboxylic acids is 1. The second kappa shape index (κ2) is 7.81. The maximum Gasteiger partial charge on any atom is 0.248 e. The summed E-state index contributed by atoms with van der Waals surface area (Å²) in [6.07, 6.45) is 0. The van der Waals surface area contributed by atoms with Crippen LogP contribution in [-0.4, -0.2) is 17.5 Å². The Morgan fingerprint density at radius 3 is 2.32 bits per heavy atom. The van der Waals surface area contributed by atoms with Crippen molar-refractivity contribution in [3.8, 4) is 22.1 Å². The van der Waals surface area contributed by atoms with E-state index in [1.54, 1.807) is 35.6 Å². The molecule has 0 aliphatic carbocycles. The van der Waals surface area contributed by atoms with Crippen molar-refractivity contribution in [3.63, 3.8) is 0 Å². The van der Waals surface area contributed by atoms with Crippen LogP contribution in [0.15, 0.2) is 53.9 Å². The molecule has 0 unspecified atom stereocenters. The highest BCUT2D eigenvalue weighted by atomic mass is 32.1. The number of nitrogens with two attached hydrogens (primary N) is 1. The third-order valence-corrected chi connectivity index (χ3v) is 4.43. The summed E-state index contributed by atoms with van der Waals surface area (Å²) in [6, 6.07) is 14.6. The van der Waals surface area contributed by atoms with Crippen LogP contribution in [0.25, 0.3) is 10.6 Å². The Bertz CT molecular complexity index is 842. The molecule has 2 aromatic carbocycles. The first-order valence-corrected chi connectivity index (χ1v) is 8.74. The van der Waals surface area contributed by atoms with Gasteiger partial charge in [0.25, 0.3) is 0 Å². The molecular weight excluding hydrogens is 336 g/mol. The van der Waals surface area contributed by atoms with Gasteiger partial charge in [-0.1, -0.05) is 0 Å². The van der Waals surface area contributed by atoms with Crippen LogP contribution < -0.4 is 15.2 Å². The summed E-state index contributed by atoms with van der Waals surface area (Å²) in [5.41, 5.74) is 7.58. The summed E-state index contributed by atoms with van der Waals surface area (Å²) in [7, 11) is 0. The number of nitrogens with zero attached hydrogens (tertiary/aromatic N) is 1. The average molecular weight is 354 g/mol. The minimum Gasteiger partial charge on any atom is -0.494 e. The fourth-order valence-corrected chi connectivity index (χ4v) is 3.05. The Labute approximate surface area is 150 Å². The van der Waals surface area contributed by atoms with E-state index < -0.39 is 5.91 Å². The molecule has 3 aromatic rings. The van der Waals surface area contributed by atoms with Gasteiger partial charge in [0.15, 0.2) is 0 Å². The van der Waals surface area contributed by atoms with E-state index in [0.717, 1.165) is 22.0 Å². The lowest BCUT2D eigenvalue weighted by molar-refractivity contribution is 0.1000. The molecule has 0 spiro atoms. The molecule has 2 N–H and O–H groups in total. The van der Waals surface area contributed by atoms with E-state index in [1.807, 2.05) is 36.6 Å². The quantitative estimate of drug-likeness (QED) is 0.698. The van der Waals surface area contributed by atoms with Gasteiger partial charge in [-0.25, -0.2) is 4.98 Å². The molecule has 0 atom stereocenters. The number of carbonyl (C=O) groups is 1. The van der Waals surface area contributed by atoms with Crippen LogP contribution in [0, 0.1) is 0 Å². The molecule has 6 heteroatoms. The van der Waals surface area contributed by atoms with Crippen molar-refractivity contribution in [3.05, 3.63) is 65.2 Å². The largest absolute Gasteiger partial charge is 0.494 e. The van der Waals surface area contributed by atoms with Crippen LogP contribution >= 0.6 is 11.3 Å². The Kier molecular flexibility index (Phi) is 5.30. The van der Waals surface area contributed by atoms with Crippen molar-refractivity contribution in [1.82, 2.24) is 4.98 Å². The first kappa shape index (κ1) is 17.0. The number of amides is 1. The van der Waals surface area contributed by atoms with Crippen molar-refractivity contribution in [1.29, 1.82) is 0 Å². The highest BCUT2D eigenvalue weighted by Gasteiger charge is 2.06. The van der Waals surface area contributed by atoms with Crippen molar-refractivity contribution in [2.24, 2.45) is 5.73 Å². The van der Waals surface area contributed by atoms with Gasteiger partial charge in [0.1, 0.15) is 23.1 Å². The highest BCUT2D eigenvalue weighted by molar-refractivity contribution is 7.13. The average Bonchev–Trinajstić information content (AvgIpc) is 3.10. The van der Waals surface area contributed by atoms with Gasteiger partial charge in [0.05, 0.1) is 12.3 Å². The first-order valence-electron chi connectivity index (χ1n) is 7.86. The topological polar surface area (TPSA) is 74.4 Å². The highest BCUT2D eigenvalue weighted by Crippen LogP contribution is 2.26. The van der Waals surface area contributed by atoms with Crippen LogP contribution in [-0.2, 0) is 6.61 Å². The number of primary amides is 1. The lowest BCUT2D eigenvalue weighted by Crippen LogP contribution is -2.10. The molecule has 0 fully saturated rings. The van der Waals surface area contributed by atoms with E-state index in [2.05, 4.69) is 4.98 Å². The van der Waals surface area contributed by atoms with Crippen molar-refractivity contribution in [2.45, 2.75) is 13.5 Å². The summed E-state index contributed by atoms with van der Waals surface area (Å²) < 4.78 is 11.1. The predicted octanol–water partition coefficient (Wildman–Crippen LogP) is 3.89. The second-order valence-corrected chi connectivity index (χ2v) is 6.14. The van der Waals surface area contributed by atoms with E-state index in [1.165, 1.54) is 0 Å². The maximum atomic E-state index is 11.1. The van der Waals surface area contributed by atoms with Crippen LogP contribution in [0.5, 0.6) is 11.5 Å². The summed E-state index contributed by atoms with van der Waals surface area (Å²) >= 11 is 1.57. The van der Waals surface area contributed by atoms with Gasteiger partial charge in [-0.2, -0.15) is 0 Å². The minimum atomic E-state index is -0.453. The number of hydrogen-bond acceptors (Lipinski definition) is 5. The van der Waals surface area contributed by atoms with E-state index in [9.17, 15) is 4.79 Å². The molecule has 3 rings (SSSR count). The number of aromatic nitrogens is 1. The van der Waals surface area contributed by atoms with Gasteiger partial charge in [0.2, 0.25) is 5.91 Å².